The first kappa shape index (κ1) is 11.2. The SMILES string of the molecule is CC(CC(O)C(=O)O)C(F)(F)F. The number of aliphatic carboxylic acids is 1. The van der Waals surface area contributed by atoms with Gasteiger partial charge in [-0.2, -0.15) is 13.2 Å². The predicted molar refractivity (Wildman–Crippen MR) is 33.5 cm³/mol. The third-order valence-corrected chi connectivity index (χ3v) is 1.42. The molecule has 12 heavy (non-hydrogen) atoms. The van der Waals surface area contributed by atoms with Crippen LogP contribution >= 0.6 is 0 Å². The molecule has 0 saturated carbocycles. The Kier molecular flexibility index (Phi) is 3.51. The third kappa shape index (κ3) is 3.56. The summed E-state index contributed by atoms with van der Waals surface area (Å²) in [6.45, 7) is 0.826. The highest BCUT2D eigenvalue weighted by molar-refractivity contribution is 5.71. The fourth-order valence-electron chi connectivity index (χ4n) is 0.569. The second kappa shape index (κ2) is 3.75. The van der Waals surface area contributed by atoms with Crippen molar-refractivity contribution in [3.63, 3.8) is 0 Å². The lowest BCUT2D eigenvalue weighted by atomic mass is 10.0. The number of carboxylic acid groups (broad SMARTS) is 1. The normalized spacial score (nSPS) is 17.1. The second-order valence-electron chi connectivity index (χ2n) is 2.53. The van der Waals surface area contributed by atoms with Crippen molar-refractivity contribution in [2.24, 2.45) is 5.92 Å². The van der Waals surface area contributed by atoms with Crippen molar-refractivity contribution in [1.29, 1.82) is 0 Å². The topological polar surface area (TPSA) is 57.5 Å². The minimum atomic E-state index is -4.45. The fourth-order valence-corrected chi connectivity index (χ4v) is 0.569. The maximum Gasteiger partial charge on any atom is 0.391 e. The van der Waals surface area contributed by atoms with E-state index in [1.54, 1.807) is 0 Å². The Morgan fingerprint density at radius 2 is 1.92 bits per heavy atom. The van der Waals surface area contributed by atoms with Crippen molar-refractivity contribution >= 4 is 5.97 Å². The Morgan fingerprint density at radius 3 is 2.17 bits per heavy atom. The van der Waals surface area contributed by atoms with E-state index in [2.05, 4.69) is 0 Å². The zero-order chi connectivity index (χ0) is 9.94. The zero-order valence-electron chi connectivity index (χ0n) is 6.30. The molecule has 0 aliphatic carbocycles. The van der Waals surface area contributed by atoms with Crippen molar-refractivity contribution in [1.82, 2.24) is 0 Å². The van der Waals surface area contributed by atoms with Crippen LogP contribution in [-0.4, -0.2) is 28.5 Å². The number of alkyl halides is 3. The molecule has 0 aliphatic heterocycles. The lowest BCUT2D eigenvalue weighted by Gasteiger charge is -2.16. The molecule has 0 aromatic rings. The van der Waals surface area contributed by atoms with Crippen LogP contribution in [0, 0.1) is 5.92 Å². The number of carbonyl (C=O) groups is 1. The van der Waals surface area contributed by atoms with E-state index < -0.39 is 30.6 Å². The highest BCUT2D eigenvalue weighted by Crippen LogP contribution is 2.29. The molecule has 0 fully saturated rings. The molecule has 0 radical (unpaired) electrons. The largest absolute Gasteiger partial charge is 0.479 e. The van der Waals surface area contributed by atoms with Crippen LogP contribution < -0.4 is 0 Å². The average molecular weight is 186 g/mol. The predicted octanol–water partition coefficient (Wildman–Crippen LogP) is 1.02. The van der Waals surface area contributed by atoms with E-state index >= 15 is 0 Å². The van der Waals surface area contributed by atoms with E-state index in [9.17, 15) is 18.0 Å². The summed E-state index contributed by atoms with van der Waals surface area (Å²) < 4.78 is 35.3. The van der Waals surface area contributed by atoms with Crippen molar-refractivity contribution < 1.29 is 28.2 Å². The molecule has 2 unspecified atom stereocenters. The molecule has 6 heteroatoms. The number of carboxylic acids is 1. The van der Waals surface area contributed by atoms with Crippen LogP contribution in [0.5, 0.6) is 0 Å². The molecule has 0 aromatic carbocycles. The Hall–Kier alpha value is -0.780. The fraction of sp³-hybridized carbons (Fsp3) is 0.833. The molecule has 0 aliphatic rings. The first-order chi connectivity index (χ1) is 5.25. The number of aliphatic hydroxyl groups is 1. The van der Waals surface area contributed by atoms with Gasteiger partial charge in [0.05, 0.1) is 5.92 Å². The summed E-state index contributed by atoms with van der Waals surface area (Å²) in [5, 5.41) is 16.6. The van der Waals surface area contributed by atoms with Gasteiger partial charge < -0.3 is 10.2 Å². The van der Waals surface area contributed by atoms with Crippen molar-refractivity contribution in [3.05, 3.63) is 0 Å². The number of halogens is 3. The van der Waals surface area contributed by atoms with Crippen LogP contribution in [0.3, 0.4) is 0 Å². The maximum absolute atomic E-state index is 11.8. The number of hydrogen-bond donors (Lipinski definition) is 2. The lowest BCUT2D eigenvalue weighted by molar-refractivity contribution is -0.180. The third-order valence-electron chi connectivity index (χ3n) is 1.42. The van der Waals surface area contributed by atoms with Gasteiger partial charge in [0.15, 0.2) is 6.10 Å². The van der Waals surface area contributed by atoms with Gasteiger partial charge in [0.2, 0.25) is 0 Å². The van der Waals surface area contributed by atoms with Gasteiger partial charge in [0, 0.05) is 0 Å². The van der Waals surface area contributed by atoms with Crippen molar-refractivity contribution in [2.75, 3.05) is 0 Å². The molecule has 3 nitrogen and oxygen atoms in total. The highest BCUT2D eigenvalue weighted by atomic mass is 19.4. The molecule has 0 rings (SSSR count). The van der Waals surface area contributed by atoms with Crippen LogP contribution in [0.25, 0.3) is 0 Å². The van der Waals surface area contributed by atoms with E-state index in [-0.39, 0.29) is 0 Å². The van der Waals surface area contributed by atoms with Gasteiger partial charge in [-0.05, 0) is 6.42 Å². The summed E-state index contributed by atoms with van der Waals surface area (Å²) in [6.07, 6.45) is -7.20. The summed E-state index contributed by atoms with van der Waals surface area (Å²) in [5.74, 6) is -3.44. The lowest BCUT2D eigenvalue weighted by Crippen LogP contribution is -2.29. The highest BCUT2D eigenvalue weighted by Gasteiger charge is 2.38. The second-order valence-corrected chi connectivity index (χ2v) is 2.53. The molecule has 0 bridgehead atoms. The van der Waals surface area contributed by atoms with Crippen LogP contribution in [-0.2, 0) is 4.79 Å². The summed E-state index contributed by atoms with van der Waals surface area (Å²) in [7, 11) is 0. The Labute approximate surface area is 66.8 Å². The van der Waals surface area contributed by atoms with Crippen LogP contribution in [0.1, 0.15) is 13.3 Å². The summed E-state index contributed by atoms with van der Waals surface area (Å²) in [4.78, 5) is 9.94. The molecule has 0 spiro atoms. The van der Waals surface area contributed by atoms with Gasteiger partial charge in [-0.3, -0.25) is 0 Å². The molecule has 2 atom stereocenters. The van der Waals surface area contributed by atoms with Gasteiger partial charge >= 0.3 is 12.1 Å². The molecule has 2 N–H and O–H groups in total. The van der Waals surface area contributed by atoms with E-state index in [0.717, 1.165) is 6.92 Å². The first-order valence-electron chi connectivity index (χ1n) is 3.22. The number of hydrogen-bond acceptors (Lipinski definition) is 2. The molecular formula is C6H9F3O3. The smallest absolute Gasteiger partial charge is 0.391 e. The summed E-state index contributed by atoms with van der Waals surface area (Å²) >= 11 is 0. The Bertz CT molecular complexity index is 166. The number of aliphatic hydroxyl groups excluding tert-OH is 1. The van der Waals surface area contributed by atoms with E-state index in [1.807, 2.05) is 0 Å². The molecule has 0 heterocycles. The monoisotopic (exact) mass is 186 g/mol. The van der Waals surface area contributed by atoms with Gasteiger partial charge in [-0.1, -0.05) is 6.92 Å². The molecule has 72 valence electrons. The van der Waals surface area contributed by atoms with E-state index in [4.69, 9.17) is 10.2 Å². The van der Waals surface area contributed by atoms with Crippen molar-refractivity contribution in [3.8, 4) is 0 Å². The van der Waals surface area contributed by atoms with Crippen molar-refractivity contribution in [2.45, 2.75) is 25.6 Å². The van der Waals surface area contributed by atoms with Gasteiger partial charge in [-0.15, -0.1) is 0 Å². The van der Waals surface area contributed by atoms with Crippen LogP contribution in [0.15, 0.2) is 0 Å². The van der Waals surface area contributed by atoms with Gasteiger partial charge in [-0.25, -0.2) is 4.79 Å². The van der Waals surface area contributed by atoms with E-state index in [0.29, 0.717) is 0 Å². The minimum Gasteiger partial charge on any atom is -0.479 e. The summed E-state index contributed by atoms with van der Waals surface area (Å²) in [5.41, 5.74) is 0. The van der Waals surface area contributed by atoms with Gasteiger partial charge in [0.25, 0.3) is 0 Å². The maximum atomic E-state index is 11.8. The van der Waals surface area contributed by atoms with E-state index in [1.165, 1.54) is 0 Å². The standard InChI is InChI=1S/C6H9F3O3/c1-3(6(7,8)9)2-4(10)5(11)12/h3-4,10H,2H2,1H3,(H,11,12). The van der Waals surface area contributed by atoms with Crippen LogP contribution in [0.4, 0.5) is 13.2 Å². The summed E-state index contributed by atoms with van der Waals surface area (Å²) in [6, 6.07) is 0. The molecule has 0 amide bonds. The number of rotatable bonds is 3. The van der Waals surface area contributed by atoms with Crippen LogP contribution in [0.2, 0.25) is 0 Å². The molecule has 0 aromatic heterocycles. The zero-order valence-corrected chi connectivity index (χ0v) is 6.30. The minimum absolute atomic E-state index is 0.807. The van der Waals surface area contributed by atoms with Gasteiger partial charge in [0.1, 0.15) is 0 Å². The quantitative estimate of drug-likeness (QED) is 0.691. The molecule has 0 saturated heterocycles. The Morgan fingerprint density at radius 1 is 1.50 bits per heavy atom. The Balaban J connectivity index is 4.01. The first-order valence-corrected chi connectivity index (χ1v) is 3.22. The average Bonchev–Trinajstić information content (AvgIpc) is 1.85. The molecular weight excluding hydrogens is 177 g/mol.